The summed E-state index contributed by atoms with van der Waals surface area (Å²) in [5, 5.41) is 14.3. The molecule has 2 aromatic carbocycles. The Labute approximate surface area is 170 Å². The van der Waals surface area contributed by atoms with Crippen molar-refractivity contribution in [3.63, 3.8) is 0 Å². The van der Waals surface area contributed by atoms with E-state index < -0.39 is 11.7 Å². The minimum Gasteiger partial charge on any atom is -0.507 e. The number of benzene rings is 2. The lowest BCUT2D eigenvalue weighted by atomic mass is 10.1. The highest BCUT2D eigenvalue weighted by Crippen LogP contribution is 2.20. The monoisotopic (exact) mass is 400 g/mol. The largest absolute Gasteiger partial charge is 0.507 e. The number of ketones is 1. The van der Waals surface area contributed by atoms with Gasteiger partial charge in [-0.3, -0.25) is 19.0 Å². The predicted molar refractivity (Wildman–Crippen MR) is 108 cm³/mol. The number of carbonyl (C=O) groups is 2. The smallest absolute Gasteiger partial charge is 0.278 e. The Bertz CT molecular complexity index is 1400. The maximum absolute atomic E-state index is 12.9. The molecule has 2 aromatic heterocycles. The van der Waals surface area contributed by atoms with E-state index in [1.165, 1.54) is 24.5 Å². The molecular formula is C22H16N4O4. The molecule has 4 aromatic rings. The Morgan fingerprint density at radius 1 is 1.07 bits per heavy atom. The number of phenols is 1. The summed E-state index contributed by atoms with van der Waals surface area (Å²) in [6.45, 7) is 0.666. The normalized spacial score (nSPS) is 12.8. The Balaban J connectivity index is 1.49. The van der Waals surface area contributed by atoms with Crippen molar-refractivity contribution in [2.24, 2.45) is 0 Å². The first-order valence-corrected chi connectivity index (χ1v) is 9.48. The van der Waals surface area contributed by atoms with Crippen LogP contribution in [0.25, 0.3) is 10.9 Å². The van der Waals surface area contributed by atoms with E-state index in [-0.39, 0.29) is 22.4 Å². The number of fused-ring (bicyclic) bond motifs is 2. The van der Waals surface area contributed by atoms with E-state index in [1.54, 1.807) is 34.9 Å². The Morgan fingerprint density at radius 2 is 1.90 bits per heavy atom. The zero-order chi connectivity index (χ0) is 20.8. The van der Waals surface area contributed by atoms with Crippen LogP contribution < -0.4 is 5.56 Å². The van der Waals surface area contributed by atoms with E-state index >= 15 is 0 Å². The van der Waals surface area contributed by atoms with Crippen LogP contribution in [0.4, 0.5) is 0 Å². The molecule has 0 unspecified atom stereocenters. The van der Waals surface area contributed by atoms with Crippen molar-refractivity contribution in [1.82, 2.24) is 19.3 Å². The topological polar surface area (TPSA) is 107 Å². The third-order valence-corrected chi connectivity index (χ3v) is 5.26. The maximum Gasteiger partial charge on any atom is 0.278 e. The van der Waals surface area contributed by atoms with Crippen molar-refractivity contribution in [3.05, 3.63) is 87.7 Å². The van der Waals surface area contributed by atoms with Gasteiger partial charge in [-0.15, -0.1) is 0 Å². The Morgan fingerprint density at radius 3 is 2.73 bits per heavy atom. The standard InChI is InChI=1S/C22H16N4O4/c27-18-5-2-1-4-16(18)20(28)14-11-23-26(12-14)21(29)13-7-8-15-17(10-13)24-19-6-3-9-25(19)22(15)30/h1-2,4-5,7-8,10-12,27H,3,6,9H2. The summed E-state index contributed by atoms with van der Waals surface area (Å²) in [4.78, 5) is 42.6. The van der Waals surface area contributed by atoms with Gasteiger partial charge in [0.15, 0.2) is 5.78 Å². The SMILES string of the molecule is O=C(c1cnn(C(=O)c2ccc3c(=O)n4c(nc3c2)CCC4)c1)c1ccccc1O. The fourth-order valence-corrected chi connectivity index (χ4v) is 3.72. The van der Waals surface area contributed by atoms with Gasteiger partial charge in [0.2, 0.25) is 0 Å². The lowest BCUT2D eigenvalue weighted by Crippen LogP contribution is -2.21. The van der Waals surface area contributed by atoms with Crippen molar-refractivity contribution in [2.75, 3.05) is 0 Å². The van der Waals surface area contributed by atoms with Gasteiger partial charge in [-0.05, 0) is 36.8 Å². The number of para-hydroxylation sites is 1. The van der Waals surface area contributed by atoms with Crippen molar-refractivity contribution >= 4 is 22.6 Å². The van der Waals surface area contributed by atoms with E-state index in [2.05, 4.69) is 10.1 Å². The molecule has 1 aliphatic heterocycles. The molecule has 0 atom stereocenters. The average Bonchev–Trinajstić information content (AvgIpc) is 3.43. The van der Waals surface area contributed by atoms with Crippen molar-refractivity contribution < 1.29 is 14.7 Å². The van der Waals surface area contributed by atoms with Crippen LogP contribution in [0.15, 0.2) is 59.7 Å². The van der Waals surface area contributed by atoms with E-state index in [9.17, 15) is 19.5 Å². The molecule has 30 heavy (non-hydrogen) atoms. The van der Waals surface area contributed by atoms with Crippen LogP contribution in [0.3, 0.4) is 0 Å². The van der Waals surface area contributed by atoms with Gasteiger partial charge in [0.05, 0.1) is 28.2 Å². The molecule has 1 N–H and O–H groups in total. The van der Waals surface area contributed by atoms with Crippen LogP contribution in [0.2, 0.25) is 0 Å². The average molecular weight is 400 g/mol. The second-order valence-corrected chi connectivity index (χ2v) is 7.15. The Hall–Kier alpha value is -4.07. The summed E-state index contributed by atoms with van der Waals surface area (Å²) in [5.41, 5.74) is 0.994. The van der Waals surface area contributed by atoms with Crippen molar-refractivity contribution in [3.8, 4) is 5.75 Å². The minimum atomic E-state index is -0.448. The summed E-state index contributed by atoms with van der Waals surface area (Å²) in [6, 6.07) is 10.9. The zero-order valence-electron chi connectivity index (χ0n) is 15.8. The first-order valence-electron chi connectivity index (χ1n) is 9.48. The molecule has 0 saturated heterocycles. The number of aromatic hydroxyl groups is 1. The molecule has 0 aliphatic carbocycles. The molecule has 0 saturated carbocycles. The third kappa shape index (κ3) is 2.81. The fourth-order valence-electron chi connectivity index (χ4n) is 3.72. The molecule has 0 fully saturated rings. The van der Waals surface area contributed by atoms with Gasteiger partial charge in [-0.1, -0.05) is 12.1 Å². The van der Waals surface area contributed by atoms with Crippen LogP contribution >= 0.6 is 0 Å². The van der Waals surface area contributed by atoms with Crippen LogP contribution in [-0.4, -0.2) is 36.1 Å². The lowest BCUT2D eigenvalue weighted by molar-refractivity contribution is 0.0945. The highest BCUT2D eigenvalue weighted by atomic mass is 16.3. The van der Waals surface area contributed by atoms with E-state index in [4.69, 9.17) is 0 Å². The number of rotatable bonds is 3. The summed E-state index contributed by atoms with van der Waals surface area (Å²) in [6.07, 6.45) is 4.23. The summed E-state index contributed by atoms with van der Waals surface area (Å²) in [7, 11) is 0. The van der Waals surface area contributed by atoms with E-state index in [1.807, 2.05) is 0 Å². The van der Waals surface area contributed by atoms with Gasteiger partial charge in [-0.2, -0.15) is 5.10 Å². The first kappa shape index (κ1) is 18.0. The molecule has 0 spiro atoms. The van der Waals surface area contributed by atoms with Gasteiger partial charge in [0, 0.05) is 24.7 Å². The van der Waals surface area contributed by atoms with Gasteiger partial charge in [-0.25, -0.2) is 9.67 Å². The maximum atomic E-state index is 12.9. The molecule has 148 valence electrons. The predicted octanol–water partition coefficient (Wildman–Crippen LogP) is 2.16. The van der Waals surface area contributed by atoms with E-state index in [0.717, 1.165) is 23.3 Å². The number of aromatic nitrogens is 4. The molecule has 0 bridgehead atoms. The van der Waals surface area contributed by atoms with Gasteiger partial charge < -0.3 is 5.11 Å². The van der Waals surface area contributed by atoms with Gasteiger partial charge in [0.1, 0.15) is 11.6 Å². The number of hydrogen-bond acceptors (Lipinski definition) is 6. The second-order valence-electron chi connectivity index (χ2n) is 7.15. The Kier molecular flexibility index (Phi) is 4.06. The molecule has 0 radical (unpaired) electrons. The minimum absolute atomic E-state index is 0.0962. The molecule has 5 rings (SSSR count). The number of carbonyl (C=O) groups excluding carboxylic acids is 2. The molecule has 8 heteroatoms. The second kappa shape index (κ2) is 6.77. The molecule has 3 heterocycles. The zero-order valence-corrected chi connectivity index (χ0v) is 15.8. The molecule has 1 aliphatic rings. The number of hydrogen-bond donors (Lipinski definition) is 1. The quantitative estimate of drug-likeness (QED) is 0.528. The first-order chi connectivity index (χ1) is 14.5. The van der Waals surface area contributed by atoms with Crippen molar-refractivity contribution in [1.29, 1.82) is 0 Å². The van der Waals surface area contributed by atoms with Crippen molar-refractivity contribution in [2.45, 2.75) is 19.4 Å². The van der Waals surface area contributed by atoms with Gasteiger partial charge in [0.25, 0.3) is 11.5 Å². The summed E-state index contributed by atoms with van der Waals surface area (Å²) >= 11 is 0. The number of aryl methyl sites for hydroxylation is 1. The fraction of sp³-hybridized carbons (Fsp3) is 0.136. The molecule has 0 amide bonds. The van der Waals surface area contributed by atoms with Crippen LogP contribution in [0.1, 0.15) is 38.5 Å². The van der Waals surface area contributed by atoms with Crippen LogP contribution in [0.5, 0.6) is 5.75 Å². The summed E-state index contributed by atoms with van der Waals surface area (Å²) in [5.74, 6) is -0.292. The number of nitrogens with zero attached hydrogens (tertiary/aromatic N) is 4. The molecular weight excluding hydrogens is 384 g/mol. The number of phenolic OH excluding ortho intramolecular Hbond substituents is 1. The third-order valence-electron chi connectivity index (χ3n) is 5.26. The highest BCUT2D eigenvalue weighted by molar-refractivity contribution is 6.11. The van der Waals surface area contributed by atoms with Crippen LogP contribution in [0, 0.1) is 0 Å². The lowest BCUT2D eigenvalue weighted by Gasteiger charge is -2.06. The van der Waals surface area contributed by atoms with E-state index in [0.29, 0.717) is 23.0 Å². The molecule has 8 nitrogen and oxygen atoms in total. The van der Waals surface area contributed by atoms with Gasteiger partial charge >= 0.3 is 0 Å². The summed E-state index contributed by atoms with van der Waals surface area (Å²) < 4.78 is 2.74. The van der Waals surface area contributed by atoms with Crippen LogP contribution in [-0.2, 0) is 13.0 Å². The highest BCUT2D eigenvalue weighted by Gasteiger charge is 2.20.